The van der Waals surface area contributed by atoms with Gasteiger partial charge in [0.2, 0.25) is 0 Å². The minimum Gasteiger partial charge on any atom is -0.391 e. The summed E-state index contributed by atoms with van der Waals surface area (Å²) in [5.41, 5.74) is 3.01. The number of piperidine rings is 1. The van der Waals surface area contributed by atoms with Gasteiger partial charge in [-0.05, 0) is 81.1 Å². The van der Waals surface area contributed by atoms with Crippen LogP contribution in [-0.2, 0) is 6.42 Å². The Balaban J connectivity index is 1.23. The Labute approximate surface area is 168 Å². The van der Waals surface area contributed by atoms with E-state index in [4.69, 9.17) is 0 Å². The highest BCUT2D eigenvalue weighted by molar-refractivity contribution is 5.81. The topological polar surface area (TPSA) is 48.4 Å². The lowest BCUT2D eigenvalue weighted by atomic mass is 9.67. The minimum absolute atomic E-state index is 0.207. The number of β-amino-alcohol motifs (C(OH)–C–C–N with tert-alkyl or cyclic N) is 1. The first-order chi connectivity index (χ1) is 13.7. The Morgan fingerprint density at radius 2 is 1.82 bits per heavy atom. The molecular formula is C24H33N3O. The summed E-state index contributed by atoms with van der Waals surface area (Å²) in [6, 6.07) is 11.2. The molecule has 150 valence electrons. The van der Waals surface area contributed by atoms with Gasteiger partial charge in [-0.1, -0.05) is 18.2 Å². The van der Waals surface area contributed by atoms with Crippen molar-refractivity contribution >= 4 is 10.9 Å². The van der Waals surface area contributed by atoms with E-state index in [1.165, 1.54) is 62.6 Å². The summed E-state index contributed by atoms with van der Waals surface area (Å²) < 4.78 is 0. The number of hydrogen-bond acceptors (Lipinski definition) is 4. The first-order valence-corrected chi connectivity index (χ1v) is 11.2. The summed E-state index contributed by atoms with van der Waals surface area (Å²) in [5.74, 6) is 0.334. The molecule has 1 aromatic heterocycles. The molecule has 3 aliphatic rings. The van der Waals surface area contributed by atoms with Gasteiger partial charge < -0.3 is 10.4 Å². The largest absolute Gasteiger partial charge is 0.391 e. The Kier molecular flexibility index (Phi) is 5.12. The summed E-state index contributed by atoms with van der Waals surface area (Å²) in [6.07, 6.45) is 10.8. The Hall–Kier alpha value is -1.49. The molecule has 0 radical (unpaired) electrons. The molecule has 4 nitrogen and oxygen atoms in total. The zero-order valence-corrected chi connectivity index (χ0v) is 16.8. The summed E-state index contributed by atoms with van der Waals surface area (Å²) >= 11 is 0. The van der Waals surface area contributed by atoms with Gasteiger partial charge in [0.1, 0.15) is 0 Å². The highest BCUT2D eigenvalue weighted by atomic mass is 16.3. The average molecular weight is 380 g/mol. The van der Waals surface area contributed by atoms with Crippen molar-refractivity contribution in [3.63, 3.8) is 0 Å². The van der Waals surface area contributed by atoms with E-state index in [-0.39, 0.29) is 6.10 Å². The maximum atomic E-state index is 10.8. The number of para-hydroxylation sites is 1. The number of aliphatic hydroxyl groups excluding tert-OH is 1. The second kappa shape index (κ2) is 7.74. The SMILES string of the molecule is O[C@@H]1CN(C2CCC3(CCNCC3)CC2)C[C@H]1Cc1ccnc2ccccc12. The van der Waals surface area contributed by atoms with E-state index in [9.17, 15) is 5.11 Å². The van der Waals surface area contributed by atoms with Crippen molar-refractivity contribution in [3.05, 3.63) is 42.1 Å². The molecule has 28 heavy (non-hydrogen) atoms. The fraction of sp³-hybridized carbons (Fsp3) is 0.625. The van der Waals surface area contributed by atoms with E-state index in [2.05, 4.69) is 39.5 Å². The second-order valence-electron chi connectivity index (χ2n) is 9.45. The summed E-state index contributed by atoms with van der Waals surface area (Å²) in [4.78, 5) is 7.09. The predicted molar refractivity (Wildman–Crippen MR) is 113 cm³/mol. The molecule has 2 aromatic rings. The maximum absolute atomic E-state index is 10.8. The Bertz CT molecular complexity index is 801. The standard InChI is InChI=1S/C24H33N3O/c28-23-17-27(20-5-8-24(9-6-20)10-13-25-14-11-24)16-19(23)15-18-7-12-26-22-4-2-1-3-21(18)22/h1-4,7,12,19-20,23,25,28H,5-6,8-11,13-17H2/t19-,23-/m1/s1. The van der Waals surface area contributed by atoms with Crippen molar-refractivity contribution in [1.82, 2.24) is 15.2 Å². The number of aromatic nitrogens is 1. The normalized spacial score (nSPS) is 28.9. The number of nitrogens with one attached hydrogen (secondary N) is 1. The zero-order valence-electron chi connectivity index (χ0n) is 16.8. The van der Waals surface area contributed by atoms with Crippen LogP contribution in [0.5, 0.6) is 0 Å². The molecule has 1 aliphatic carbocycles. The molecule has 2 N–H and O–H groups in total. The van der Waals surface area contributed by atoms with Crippen LogP contribution in [0.25, 0.3) is 10.9 Å². The number of likely N-dealkylation sites (tertiary alicyclic amines) is 1. The monoisotopic (exact) mass is 379 g/mol. The molecule has 5 rings (SSSR count). The fourth-order valence-electron chi connectivity index (χ4n) is 6.04. The third kappa shape index (κ3) is 3.58. The van der Waals surface area contributed by atoms with Gasteiger partial charge in [-0.25, -0.2) is 0 Å². The highest BCUT2D eigenvalue weighted by Crippen LogP contribution is 2.45. The summed E-state index contributed by atoms with van der Waals surface area (Å²) in [5, 5.41) is 15.6. The molecule has 3 fully saturated rings. The molecule has 4 heteroatoms. The van der Waals surface area contributed by atoms with Crippen molar-refractivity contribution in [2.45, 2.75) is 57.1 Å². The first kappa shape index (κ1) is 18.5. The lowest BCUT2D eigenvalue weighted by molar-refractivity contribution is 0.0688. The molecular weight excluding hydrogens is 346 g/mol. The third-order valence-corrected chi connectivity index (χ3v) is 7.85. The lowest BCUT2D eigenvalue weighted by Gasteiger charge is -2.45. The first-order valence-electron chi connectivity index (χ1n) is 11.2. The van der Waals surface area contributed by atoms with Gasteiger partial charge >= 0.3 is 0 Å². The third-order valence-electron chi connectivity index (χ3n) is 7.85. The van der Waals surface area contributed by atoms with Crippen LogP contribution in [0.2, 0.25) is 0 Å². The van der Waals surface area contributed by atoms with Crippen molar-refractivity contribution in [3.8, 4) is 0 Å². The molecule has 1 spiro atoms. The number of pyridine rings is 1. The van der Waals surface area contributed by atoms with Crippen LogP contribution in [-0.4, -0.2) is 53.3 Å². The second-order valence-corrected chi connectivity index (χ2v) is 9.45. The van der Waals surface area contributed by atoms with Gasteiger partial charge in [0.25, 0.3) is 0 Å². The molecule has 1 saturated carbocycles. The van der Waals surface area contributed by atoms with E-state index < -0.39 is 0 Å². The fourth-order valence-corrected chi connectivity index (χ4v) is 6.04. The van der Waals surface area contributed by atoms with E-state index in [0.717, 1.165) is 25.0 Å². The van der Waals surface area contributed by atoms with E-state index in [0.29, 0.717) is 17.4 Å². The maximum Gasteiger partial charge on any atom is 0.0710 e. The number of rotatable bonds is 3. The van der Waals surface area contributed by atoms with Crippen LogP contribution in [0.4, 0.5) is 0 Å². The van der Waals surface area contributed by atoms with Crippen molar-refractivity contribution < 1.29 is 5.11 Å². The molecule has 2 atom stereocenters. The van der Waals surface area contributed by atoms with Crippen LogP contribution in [0.1, 0.15) is 44.1 Å². The van der Waals surface area contributed by atoms with E-state index in [1.807, 2.05) is 12.3 Å². The van der Waals surface area contributed by atoms with Gasteiger partial charge in [-0.2, -0.15) is 0 Å². The number of fused-ring (bicyclic) bond motifs is 1. The van der Waals surface area contributed by atoms with Gasteiger partial charge in [0, 0.05) is 36.6 Å². The quantitative estimate of drug-likeness (QED) is 0.858. The van der Waals surface area contributed by atoms with Crippen LogP contribution >= 0.6 is 0 Å². The Morgan fingerprint density at radius 3 is 2.64 bits per heavy atom. The van der Waals surface area contributed by atoms with Gasteiger partial charge in [-0.3, -0.25) is 9.88 Å². The van der Waals surface area contributed by atoms with Crippen molar-refractivity contribution in [1.29, 1.82) is 0 Å². The lowest BCUT2D eigenvalue weighted by Crippen LogP contribution is -2.44. The number of benzene rings is 1. The molecule has 0 amide bonds. The molecule has 1 aromatic carbocycles. The zero-order chi connectivity index (χ0) is 19.0. The number of nitrogens with zero attached hydrogens (tertiary/aromatic N) is 2. The van der Waals surface area contributed by atoms with Crippen LogP contribution in [0.15, 0.2) is 36.5 Å². The Morgan fingerprint density at radius 1 is 1.04 bits per heavy atom. The summed E-state index contributed by atoms with van der Waals surface area (Å²) in [6.45, 7) is 4.30. The summed E-state index contributed by atoms with van der Waals surface area (Å²) in [7, 11) is 0. The van der Waals surface area contributed by atoms with Crippen molar-refractivity contribution in [2.75, 3.05) is 26.2 Å². The van der Waals surface area contributed by atoms with Crippen LogP contribution < -0.4 is 5.32 Å². The highest BCUT2D eigenvalue weighted by Gasteiger charge is 2.41. The minimum atomic E-state index is -0.207. The van der Waals surface area contributed by atoms with E-state index in [1.54, 1.807) is 0 Å². The number of hydrogen-bond donors (Lipinski definition) is 2. The molecule has 2 aliphatic heterocycles. The molecule has 0 unspecified atom stereocenters. The van der Waals surface area contributed by atoms with Crippen LogP contribution in [0, 0.1) is 11.3 Å². The van der Waals surface area contributed by atoms with E-state index >= 15 is 0 Å². The van der Waals surface area contributed by atoms with Crippen molar-refractivity contribution in [2.24, 2.45) is 11.3 Å². The number of aliphatic hydroxyl groups is 1. The van der Waals surface area contributed by atoms with Gasteiger partial charge in [0.15, 0.2) is 0 Å². The molecule has 3 heterocycles. The smallest absolute Gasteiger partial charge is 0.0710 e. The van der Waals surface area contributed by atoms with Gasteiger partial charge in [0.05, 0.1) is 11.6 Å². The molecule has 0 bridgehead atoms. The average Bonchev–Trinajstić information content (AvgIpc) is 3.10. The van der Waals surface area contributed by atoms with Gasteiger partial charge in [-0.15, -0.1) is 0 Å². The molecule has 2 saturated heterocycles. The van der Waals surface area contributed by atoms with Crippen LogP contribution in [0.3, 0.4) is 0 Å². The predicted octanol–water partition coefficient (Wildman–Crippen LogP) is 3.38.